The van der Waals surface area contributed by atoms with Crippen LogP contribution in [0.1, 0.15) is 37.7 Å². The van der Waals surface area contributed by atoms with E-state index in [4.69, 9.17) is 16.3 Å². The maximum Gasteiger partial charge on any atom is 0.308 e. The van der Waals surface area contributed by atoms with Gasteiger partial charge in [0.25, 0.3) is 0 Å². The molecule has 0 saturated heterocycles. The van der Waals surface area contributed by atoms with Crippen LogP contribution in [-0.4, -0.2) is 13.1 Å². The predicted molar refractivity (Wildman–Crippen MR) is 72.7 cm³/mol. The van der Waals surface area contributed by atoms with Crippen molar-refractivity contribution in [2.45, 2.75) is 32.1 Å². The van der Waals surface area contributed by atoms with Crippen LogP contribution in [0, 0.1) is 11.8 Å². The van der Waals surface area contributed by atoms with E-state index in [-0.39, 0.29) is 11.9 Å². The van der Waals surface area contributed by atoms with Gasteiger partial charge in [0.2, 0.25) is 0 Å². The number of ether oxygens (including phenoxy) is 1. The van der Waals surface area contributed by atoms with Gasteiger partial charge in [-0.1, -0.05) is 36.7 Å². The Morgan fingerprint density at radius 2 is 2.22 bits per heavy atom. The van der Waals surface area contributed by atoms with Crippen LogP contribution in [0.3, 0.4) is 0 Å². The molecule has 98 valence electrons. The van der Waals surface area contributed by atoms with Crippen LogP contribution in [0.25, 0.3) is 0 Å². The minimum atomic E-state index is -0.0611. The molecule has 0 heterocycles. The first-order chi connectivity index (χ1) is 8.67. The molecule has 1 aromatic rings. The molecule has 18 heavy (non-hydrogen) atoms. The van der Waals surface area contributed by atoms with Crippen molar-refractivity contribution >= 4 is 17.6 Å². The highest BCUT2D eigenvalue weighted by Gasteiger charge is 2.44. The van der Waals surface area contributed by atoms with Crippen LogP contribution in [0.2, 0.25) is 5.02 Å². The summed E-state index contributed by atoms with van der Waals surface area (Å²) >= 11 is 6.24. The zero-order valence-corrected chi connectivity index (χ0v) is 11.6. The molecule has 0 bridgehead atoms. The lowest BCUT2D eigenvalue weighted by molar-refractivity contribution is -0.142. The average Bonchev–Trinajstić information content (AvgIpc) is 3.15. The van der Waals surface area contributed by atoms with Crippen LogP contribution in [0.15, 0.2) is 24.3 Å². The third kappa shape index (κ3) is 2.86. The Balaban J connectivity index is 2.00. The molecule has 0 N–H and O–H groups in total. The molecule has 0 aromatic heterocycles. The van der Waals surface area contributed by atoms with Crippen LogP contribution in [0.5, 0.6) is 0 Å². The minimum Gasteiger partial charge on any atom is -0.469 e. The van der Waals surface area contributed by atoms with Crippen LogP contribution < -0.4 is 0 Å². The molecule has 0 spiro atoms. The van der Waals surface area contributed by atoms with Crippen molar-refractivity contribution < 1.29 is 9.53 Å². The molecule has 1 fully saturated rings. The second-order valence-electron chi connectivity index (χ2n) is 4.99. The van der Waals surface area contributed by atoms with Gasteiger partial charge in [0.15, 0.2) is 0 Å². The van der Waals surface area contributed by atoms with Crippen LogP contribution >= 0.6 is 11.6 Å². The number of hydrogen-bond donors (Lipinski definition) is 0. The number of methoxy groups -OCH3 is 1. The molecular weight excluding hydrogens is 248 g/mol. The molecule has 3 heteroatoms. The van der Waals surface area contributed by atoms with E-state index in [9.17, 15) is 4.79 Å². The van der Waals surface area contributed by atoms with E-state index in [1.807, 2.05) is 18.2 Å². The van der Waals surface area contributed by atoms with Crippen molar-refractivity contribution in [1.29, 1.82) is 0 Å². The molecule has 3 atom stereocenters. The largest absolute Gasteiger partial charge is 0.469 e. The number of benzene rings is 1. The number of rotatable bonds is 5. The van der Waals surface area contributed by atoms with Crippen molar-refractivity contribution in [2.75, 3.05) is 7.11 Å². The maximum absolute atomic E-state index is 11.4. The minimum absolute atomic E-state index is 0.0611. The van der Waals surface area contributed by atoms with Gasteiger partial charge in [-0.05, 0) is 42.7 Å². The number of esters is 1. The summed E-state index contributed by atoms with van der Waals surface area (Å²) in [5.74, 6) is 0.970. The Morgan fingerprint density at radius 1 is 1.50 bits per heavy atom. The second-order valence-corrected chi connectivity index (χ2v) is 5.40. The van der Waals surface area contributed by atoms with Gasteiger partial charge in [0.1, 0.15) is 0 Å². The fourth-order valence-corrected chi connectivity index (χ4v) is 2.92. The van der Waals surface area contributed by atoms with Gasteiger partial charge >= 0.3 is 5.97 Å². The summed E-state index contributed by atoms with van der Waals surface area (Å²) in [6.07, 6.45) is 3.04. The second kappa shape index (κ2) is 5.75. The first kappa shape index (κ1) is 13.4. The van der Waals surface area contributed by atoms with E-state index < -0.39 is 0 Å². The van der Waals surface area contributed by atoms with E-state index in [0.717, 1.165) is 24.3 Å². The van der Waals surface area contributed by atoms with Crippen molar-refractivity contribution in [3.05, 3.63) is 34.9 Å². The molecule has 1 aliphatic rings. The van der Waals surface area contributed by atoms with Gasteiger partial charge in [-0.25, -0.2) is 0 Å². The molecule has 2 rings (SSSR count). The van der Waals surface area contributed by atoms with Crippen LogP contribution in [-0.2, 0) is 9.53 Å². The predicted octanol–water partition coefficient (Wildman–Crippen LogP) is 4.03. The maximum atomic E-state index is 11.4. The summed E-state index contributed by atoms with van der Waals surface area (Å²) in [6.45, 7) is 2.17. The van der Waals surface area contributed by atoms with Gasteiger partial charge < -0.3 is 4.74 Å². The standard InChI is InChI=1S/C15H19ClO2/c1-3-10(12-6-4-5-7-14(12)16)8-11-9-13(11)15(17)18-2/h4-7,10-11,13H,3,8-9H2,1-2H3. The molecule has 0 amide bonds. The molecule has 0 radical (unpaired) electrons. The lowest BCUT2D eigenvalue weighted by Gasteiger charge is -2.16. The highest BCUT2D eigenvalue weighted by Crippen LogP contribution is 2.47. The zero-order valence-electron chi connectivity index (χ0n) is 10.9. The van der Waals surface area contributed by atoms with Gasteiger partial charge in [-0.3, -0.25) is 4.79 Å². The molecular formula is C15H19ClO2. The van der Waals surface area contributed by atoms with Crippen molar-refractivity contribution in [3.63, 3.8) is 0 Å². The van der Waals surface area contributed by atoms with Gasteiger partial charge in [-0.15, -0.1) is 0 Å². The van der Waals surface area contributed by atoms with Crippen molar-refractivity contribution in [3.8, 4) is 0 Å². The van der Waals surface area contributed by atoms with E-state index >= 15 is 0 Å². The third-order valence-electron chi connectivity index (χ3n) is 3.85. The third-order valence-corrected chi connectivity index (χ3v) is 4.20. The Bertz CT molecular complexity index is 430. The van der Waals surface area contributed by atoms with Crippen molar-refractivity contribution in [1.82, 2.24) is 0 Å². The fourth-order valence-electron chi connectivity index (χ4n) is 2.63. The molecule has 0 aliphatic heterocycles. The Labute approximate surface area is 113 Å². The first-order valence-corrected chi connectivity index (χ1v) is 6.87. The summed E-state index contributed by atoms with van der Waals surface area (Å²) in [5, 5.41) is 0.833. The normalized spacial score (nSPS) is 23.5. The average molecular weight is 267 g/mol. The highest BCUT2D eigenvalue weighted by atomic mass is 35.5. The van der Waals surface area contributed by atoms with Crippen molar-refractivity contribution in [2.24, 2.45) is 11.8 Å². The lowest BCUT2D eigenvalue weighted by atomic mass is 9.90. The molecule has 3 unspecified atom stereocenters. The summed E-state index contributed by atoms with van der Waals surface area (Å²) in [7, 11) is 1.46. The number of halogens is 1. The molecule has 1 saturated carbocycles. The van der Waals surface area contributed by atoms with E-state index in [2.05, 4.69) is 13.0 Å². The van der Waals surface area contributed by atoms with Crippen LogP contribution in [0.4, 0.5) is 0 Å². The number of carbonyl (C=O) groups excluding carboxylic acids is 1. The highest BCUT2D eigenvalue weighted by molar-refractivity contribution is 6.31. The topological polar surface area (TPSA) is 26.3 Å². The zero-order chi connectivity index (χ0) is 13.1. The quantitative estimate of drug-likeness (QED) is 0.752. The Kier molecular flexibility index (Phi) is 4.28. The number of carbonyl (C=O) groups is 1. The van der Waals surface area contributed by atoms with Gasteiger partial charge in [-0.2, -0.15) is 0 Å². The fraction of sp³-hybridized carbons (Fsp3) is 0.533. The smallest absolute Gasteiger partial charge is 0.308 e. The Hall–Kier alpha value is -1.02. The first-order valence-electron chi connectivity index (χ1n) is 6.49. The molecule has 2 nitrogen and oxygen atoms in total. The summed E-state index contributed by atoms with van der Waals surface area (Å²) in [6, 6.07) is 8.00. The van der Waals surface area contributed by atoms with E-state index in [1.165, 1.54) is 12.7 Å². The Morgan fingerprint density at radius 3 is 2.83 bits per heavy atom. The summed E-state index contributed by atoms with van der Waals surface area (Å²) < 4.78 is 4.78. The molecule has 1 aliphatic carbocycles. The SMILES string of the molecule is CCC(CC1CC1C(=O)OC)c1ccccc1Cl. The lowest BCUT2D eigenvalue weighted by Crippen LogP contribution is -2.06. The van der Waals surface area contributed by atoms with Gasteiger partial charge in [0.05, 0.1) is 13.0 Å². The monoisotopic (exact) mass is 266 g/mol. The summed E-state index contributed by atoms with van der Waals surface area (Å²) in [4.78, 5) is 11.4. The number of hydrogen-bond acceptors (Lipinski definition) is 2. The summed E-state index contributed by atoms with van der Waals surface area (Å²) in [5.41, 5.74) is 1.21. The van der Waals surface area contributed by atoms with E-state index in [0.29, 0.717) is 11.8 Å². The van der Waals surface area contributed by atoms with E-state index in [1.54, 1.807) is 0 Å². The van der Waals surface area contributed by atoms with Gasteiger partial charge in [0, 0.05) is 5.02 Å². The molecule has 1 aromatic carbocycles.